The normalized spacial score (nSPS) is 11.6. The lowest BCUT2D eigenvalue weighted by atomic mass is 10.1. The highest BCUT2D eigenvalue weighted by molar-refractivity contribution is 7.80. The van der Waals surface area contributed by atoms with Crippen LogP contribution in [-0.4, -0.2) is 11.9 Å². The van der Waals surface area contributed by atoms with Crippen LogP contribution in [-0.2, 0) is 0 Å². The van der Waals surface area contributed by atoms with Gasteiger partial charge in [0.05, 0.1) is 5.56 Å². The van der Waals surface area contributed by atoms with E-state index in [-0.39, 0.29) is 11.6 Å². The number of thiol groups is 1. The Morgan fingerprint density at radius 1 is 1.69 bits per heavy atom. The Balaban J connectivity index is 2.81. The molecule has 1 unspecified atom stereocenters. The molecule has 2 nitrogen and oxygen atoms in total. The Hall–Kier alpha value is -1.47. The molecule has 16 heavy (non-hydrogen) atoms. The first-order valence-corrected chi connectivity index (χ1v) is 5.22. The first-order valence-electron chi connectivity index (χ1n) is 4.77. The summed E-state index contributed by atoms with van der Waals surface area (Å²) in [4.78, 5) is 12.2. The number of carbonyl (C=O) groups excluding carboxylic acids is 1. The maximum absolute atomic E-state index is 13.3. The third-order valence-electron chi connectivity index (χ3n) is 2.00. The van der Waals surface area contributed by atoms with Crippen molar-refractivity contribution in [2.24, 2.45) is 0 Å². The van der Waals surface area contributed by atoms with Crippen LogP contribution in [0.15, 0.2) is 23.1 Å². The second-order valence-electron chi connectivity index (χ2n) is 3.45. The highest BCUT2D eigenvalue weighted by atomic mass is 32.1. The smallest absolute Gasteiger partial charge is 0.254 e. The first kappa shape index (κ1) is 12.6. The molecule has 0 spiro atoms. The predicted molar refractivity (Wildman–Crippen MR) is 64.0 cm³/mol. The summed E-state index contributed by atoms with van der Waals surface area (Å²) in [6.07, 6.45) is 5.52. The molecule has 1 N–H and O–H groups in total. The first-order chi connectivity index (χ1) is 7.54. The number of halogens is 1. The van der Waals surface area contributed by atoms with E-state index < -0.39 is 11.7 Å². The number of terminal acetylenes is 1. The van der Waals surface area contributed by atoms with E-state index in [1.54, 1.807) is 6.92 Å². The second-order valence-corrected chi connectivity index (χ2v) is 3.96. The maximum Gasteiger partial charge on any atom is 0.254 e. The van der Waals surface area contributed by atoms with E-state index in [0.29, 0.717) is 11.3 Å². The van der Waals surface area contributed by atoms with Gasteiger partial charge in [0.1, 0.15) is 5.82 Å². The lowest BCUT2D eigenvalue weighted by molar-refractivity contribution is 0.0936. The summed E-state index contributed by atoms with van der Waals surface area (Å²) in [6.45, 7) is 1.76. The SMILES string of the molecule is C#CCC(C)NC(=O)c1cc(S)ccc1F. The third kappa shape index (κ3) is 3.28. The zero-order chi connectivity index (χ0) is 12.1. The molecule has 0 aliphatic rings. The van der Waals surface area contributed by atoms with Crippen molar-refractivity contribution in [1.82, 2.24) is 5.32 Å². The fraction of sp³-hybridized carbons (Fsp3) is 0.250. The molecule has 0 saturated heterocycles. The van der Waals surface area contributed by atoms with Gasteiger partial charge in [-0.2, -0.15) is 0 Å². The van der Waals surface area contributed by atoms with E-state index in [9.17, 15) is 9.18 Å². The highest BCUT2D eigenvalue weighted by Gasteiger charge is 2.13. The van der Waals surface area contributed by atoms with Crippen molar-refractivity contribution in [2.45, 2.75) is 24.3 Å². The summed E-state index contributed by atoms with van der Waals surface area (Å²) in [7, 11) is 0. The van der Waals surface area contributed by atoms with Crippen LogP contribution in [0.2, 0.25) is 0 Å². The van der Waals surface area contributed by atoms with Crippen molar-refractivity contribution in [3.05, 3.63) is 29.6 Å². The number of rotatable bonds is 3. The van der Waals surface area contributed by atoms with Crippen LogP contribution >= 0.6 is 12.6 Å². The molecule has 0 aliphatic heterocycles. The molecule has 0 radical (unpaired) electrons. The van der Waals surface area contributed by atoms with Gasteiger partial charge in [-0.05, 0) is 25.1 Å². The van der Waals surface area contributed by atoms with Crippen LogP contribution < -0.4 is 5.32 Å². The zero-order valence-electron chi connectivity index (χ0n) is 8.83. The molecule has 0 aliphatic carbocycles. The van der Waals surface area contributed by atoms with Gasteiger partial charge in [-0.15, -0.1) is 25.0 Å². The van der Waals surface area contributed by atoms with Gasteiger partial charge in [-0.25, -0.2) is 4.39 Å². The summed E-state index contributed by atoms with van der Waals surface area (Å²) in [6, 6.07) is 3.90. The molecule has 4 heteroatoms. The largest absolute Gasteiger partial charge is 0.349 e. The van der Waals surface area contributed by atoms with Crippen LogP contribution in [0.4, 0.5) is 4.39 Å². The van der Waals surface area contributed by atoms with Gasteiger partial charge in [0, 0.05) is 17.4 Å². The van der Waals surface area contributed by atoms with Crippen molar-refractivity contribution in [2.75, 3.05) is 0 Å². The van der Waals surface area contributed by atoms with E-state index in [2.05, 4.69) is 23.9 Å². The molecule has 1 atom stereocenters. The predicted octanol–water partition coefficient (Wildman–Crippen LogP) is 2.26. The molecule has 0 fully saturated rings. The molecule has 0 heterocycles. The van der Waals surface area contributed by atoms with Gasteiger partial charge < -0.3 is 5.32 Å². The molecule has 0 bridgehead atoms. The van der Waals surface area contributed by atoms with Crippen molar-refractivity contribution in [1.29, 1.82) is 0 Å². The second kappa shape index (κ2) is 5.57. The van der Waals surface area contributed by atoms with Crippen molar-refractivity contribution in [3.63, 3.8) is 0 Å². The molecule has 84 valence electrons. The quantitative estimate of drug-likeness (QED) is 0.613. The summed E-state index contributed by atoms with van der Waals surface area (Å²) in [5.74, 6) is 1.38. The molecule has 1 aromatic rings. The lowest BCUT2D eigenvalue weighted by Crippen LogP contribution is -2.32. The van der Waals surface area contributed by atoms with Crippen LogP contribution in [0.3, 0.4) is 0 Å². The van der Waals surface area contributed by atoms with Crippen LogP contribution in [0.5, 0.6) is 0 Å². The molecular formula is C12H12FNOS. The maximum atomic E-state index is 13.3. The van der Waals surface area contributed by atoms with Gasteiger partial charge >= 0.3 is 0 Å². The fourth-order valence-corrected chi connectivity index (χ4v) is 1.42. The fourth-order valence-electron chi connectivity index (χ4n) is 1.22. The topological polar surface area (TPSA) is 29.1 Å². The molecular weight excluding hydrogens is 225 g/mol. The average Bonchev–Trinajstić information content (AvgIpc) is 2.21. The number of hydrogen-bond acceptors (Lipinski definition) is 2. The minimum atomic E-state index is -0.566. The van der Waals surface area contributed by atoms with Crippen LogP contribution in [0.1, 0.15) is 23.7 Å². The minimum Gasteiger partial charge on any atom is -0.349 e. The number of amides is 1. The van der Waals surface area contributed by atoms with Gasteiger partial charge in [-0.3, -0.25) is 4.79 Å². The number of hydrogen-bond donors (Lipinski definition) is 2. The van der Waals surface area contributed by atoms with Crippen LogP contribution in [0.25, 0.3) is 0 Å². The van der Waals surface area contributed by atoms with Gasteiger partial charge in [-0.1, -0.05) is 0 Å². The number of benzene rings is 1. The van der Waals surface area contributed by atoms with E-state index in [1.807, 2.05) is 0 Å². The molecule has 1 rings (SSSR count). The Kier molecular flexibility index (Phi) is 4.39. The molecule has 0 aromatic heterocycles. The Bertz CT molecular complexity index is 439. The zero-order valence-corrected chi connectivity index (χ0v) is 9.72. The van der Waals surface area contributed by atoms with E-state index in [0.717, 1.165) is 0 Å². The van der Waals surface area contributed by atoms with Gasteiger partial charge in [0.25, 0.3) is 5.91 Å². The minimum absolute atomic E-state index is 0.0172. The summed E-state index contributed by atoms with van der Waals surface area (Å²) in [5.41, 5.74) is -0.0172. The number of carbonyl (C=O) groups is 1. The average molecular weight is 237 g/mol. The van der Waals surface area contributed by atoms with E-state index >= 15 is 0 Å². The summed E-state index contributed by atoms with van der Waals surface area (Å²) < 4.78 is 13.3. The summed E-state index contributed by atoms with van der Waals surface area (Å²) >= 11 is 4.05. The Labute approximate surface area is 99.7 Å². The van der Waals surface area contributed by atoms with Crippen LogP contribution in [0, 0.1) is 18.2 Å². The van der Waals surface area contributed by atoms with Crippen molar-refractivity contribution >= 4 is 18.5 Å². The molecule has 1 aromatic carbocycles. The van der Waals surface area contributed by atoms with Crippen molar-refractivity contribution < 1.29 is 9.18 Å². The standard InChI is InChI=1S/C12H12FNOS/c1-3-4-8(2)14-12(15)10-7-9(16)5-6-11(10)13/h1,5-8,16H,4H2,2H3,(H,14,15). The van der Waals surface area contributed by atoms with Gasteiger partial charge in [0.2, 0.25) is 0 Å². The summed E-state index contributed by atoms with van der Waals surface area (Å²) in [5, 5.41) is 2.61. The molecule has 1 amide bonds. The Morgan fingerprint density at radius 3 is 3.00 bits per heavy atom. The lowest BCUT2D eigenvalue weighted by Gasteiger charge is -2.11. The number of nitrogens with one attached hydrogen (secondary N) is 1. The third-order valence-corrected chi connectivity index (χ3v) is 2.27. The van der Waals surface area contributed by atoms with E-state index in [1.165, 1.54) is 18.2 Å². The van der Waals surface area contributed by atoms with Gasteiger partial charge in [0.15, 0.2) is 0 Å². The van der Waals surface area contributed by atoms with E-state index in [4.69, 9.17) is 6.42 Å². The molecule has 0 saturated carbocycles. The van der Waals surface area contributed by atoms with Crippen molar-refractivity contribution in [3.8, 4) is 12.3 Å². The Morgan fingerprint density at radius 2 is 2.38 bits per heavy atom. The monoisotopic (exact) mass is 237 g/mol. The highest BCUT2D eigenvalue weighted by Crippen LogP contribution is 2.13.